The second-order valence-corrected chi connectivity index (χ2v) is 5.05. The number of unbranched alkanes of at least 4 members (excludes halogenated alkanes) is 2. The van der Waals surface area contributed by atoms with Crippen LogP contribution in [-0.4, -0.2) is 21.3 Å². The third-order valence-corrected chi connectivity index (χ3v) is 3.72. The molecule has 0 radical (unpaired) electrons. The lowest BCUT2D eigenvalue weighted by atomic mass is 9.95. The molecule has 1 aliphatic carbocycles. The van der Waals surface area contributed by atoms with Crippen molar-refractivity contribution >= 4 is 0 Å². The maximum Gasteiger partial charge on any atom is 0.133 e. The van der Waals surface area contributed by atoms with E-state index in [2.05, 4.69) is 14.8 Å². The van der Waals surface area contributed by atoms with E-state index >= 15 is 0 Å². The first-order valence-electron chi connectivity index (χ1n) is 7.00. The van der Waals surface area contributed by atoms with Gasteiger partial charge in [0.2, 0.25) is 0 Å². The molecule has 1 aromatic heterocycles. The molecule has 0 aromatic carbocycles. The molecule has 17 heavy (non-hydrogen) atoms. The molecule has 1 heterocycles. The molecular weight excluding hydrogens is 212 g/mol. The van der Waals surface area contributed by atoms with E-state index in [0.717, 1.165) is 19.4 Å². The number of hydrogen-bond acceptors (Lipinski definition) is 3. The summed E-state index contributed by atoms with van der Waals surface area (Å²) in [5.41, 5.74) is 5.50. The quantitative estimate of drug-likeness (QED) is 0.772. The predicted octanol–water partition coefficient (Wildman–Crippen LogP) is 2.45. The van der Waals surface area contributed by atoms with Crippen molar-refractivity contribution in [2.24, 2.45) is 5.73 Å². The Hall–Kier alpha value is -0.900. The average Bonchev–Trinajstić information content (AvgIpc) is 2.84. The van der Waals surface area contributed by atoms with Gasteiger partial charge in [-0.25, -0.2) is 0 Å². The van der Waals surface area contributed by atoms with E-state index in [9.17, 15) is 0 Å². The van der Waals surface area contributed by atoms with Gasteiger partial charge < -0.3 is 10.3 Å². The Morgan fingerprint density at radius 1 is 1.18 bits per heavy atom. The van der Waals surface area contributed by atoms with Crippen molar-refractivity contribution in [1.82, 2.24) is 14.8 Å². The predicted molar refractivity (Wildman–Crippen MR) is 68.8 cm³/mol. The largest absolute Gasteiger partial charge is 0.330 e. The van der Waals surface area contributed by atoms with Crippen molar-refractivity contribution in [2.75, 3.05) is 6.54 Å². The minimum Gasteiger partial charge on any atom is -0.330 e. The van der Waals surface area contributed by atoms with Gasteiger partial charge in [-0.15, -0.1) is 10.2 Å². The minimum absolute atomic E-state index is 0.656. The van der Waals surface area contributed by atoms with E-state index in [1.165, 1.54) is 50.8 Å². The van der Waals surface area contributed by atoms with Crippen LogP contribution in [-0.2, 0) is 6.42 Å². The number of nitrogens with two attached hydrogens (primary N) is 1. The molecule has 0 amide bonds. The van der Waals surface area contributed by atoms with Gasteiger partial charge in [-0.1, -0.05) is 25.7 Å². The summed E-state index contributed by atoms with van der Waals surface area (Å²) >= 11 is 0. The van der Waals surface area contributed by atoms with Gasteiger partial charge in [0.05, 0.1) is 0 Å². The van der Waals surface area contributed by atoms with Crippen molar-refractivity contribution in [3.05, 3.63) is 12.2 Å². The molecule has 4 nitrogen and oxygen atoms in total. The first-order chi connectivity index (χ1) is 8.42. The molecule has 1 saturated carbocycles. The molecule has 1 aromatic rings. The van der Waals surface area contributed by atoms with Crippen LogP contribution in [0.15, 0.2) is 6.33 Å². The maximum absolute atomic E-state index is 5.50. The lowest BCUT2D eigenvalue weighted by Crippen LogP contribution is -2.15. The van der Waals surface area contributed by atoms with Crippen molar-refractivity contribution in [3.8, 4) is 0 Å². The topological polar surface area (TPSA) is 56.7 Å². The third-order valence-electron chi connectivity index (χ3n) is 3.72. The van der Waals surface area contributed by atoms with E-state index in [0.29, 0.717) is 6.04 Å². The lowest BCUT2D eigenvalue weighted by molar-refractivity contribution is 0.344. The first kappa shape index (κ1) is 12.6. The van der Waals surface area contributed by atoms with Crippen molar-refractivity contribution in [2.45, 2.75) is 63.8 Å². The molecule has 0 saturated heterocycles. The number of hydrogen-bond donors (Lipinski definition) is 1. The zero-order chi connectivity index (χ0) is 11.9. The number of nitrogens with zero attached hydrogens (tertiary/aromatic N) is 3. The Morgan fingerprint density at radius 2 is 2.00 bits per heavy atom. The third kappa shape index (κ3) is 3.53. The van der Waals surface area contributed by atoms with E-state index in [1.807, 2.05) is 6.33 Å². The zero-order valence-corrected chi connectivity index (χ0v) is 10.6. The van der Waals surface area contributed by atoms with Gasteiger partial charge in [0, 0.05) is 12.5 Å². The molecule has 0 bridgehead atoms. The van der Waals surface area contributed by atoms with Crippen LogP contribution in [0.4, 0.5) is 0 Å². The molecule has 1 fully saturated rings. The van der Waals surface area contributed by atoms with Crippen LogP contribution in [0.2, 0.25) is 0 Å². The summed E-state index contributed by atoms with van der Waals surface area (Å²) in [5, 5.41) is 8.36. The molecule has 2 N–H and O–H groups in total. The molecule has 0 unspecified atom stereocenters. The van der Waals surface area contributed by atoms with E-state index < -0.39 is 0 Å². The SMILES string of the molecule is NCCCCCc1nncn1C1CCCCC1. The van der Waals surface area contributed by atoms with Gasteiger partial charge in [0.15, 0.2) is 0 Å². The van der Waals surface area contributed by atoms with Crippen LogP contribution in [0.5, 0.6) is 0 Å². The second-order valence-electron chi connectivity index (χ2n) is 5.05. The summed E-state index contributed by atoms with van der Waals surface area (Å²) in [6.45, 7) is 0.801. The fraction of sp³-hybridized carbons (Fsp3) is 0.846. The highest BCUT2D eigenvalue weighted by Gasteiger charge is 2.17. The number of aryl methyl sites for hydroxylation is 1. The maximum atomic E-state index is 5.50. The molecule has 1 aliphatic rings. The number of aromatic nitrogens is 3. The summed E-state index contributed by atoms with van der Waals surface area (Å²) in [6, 6.07) is 0.656. The summed E-state index contributed by atoms with van der Waals surface area (Å²) < 4.78 is 2.32. The monoisotopic (exact) mass is 236 g/mol. The van der Waals surface area contributed by atoms with Gasteiger partial charge >= 0.3 is 0 Å². The van der Waals surface area contributed by atoms with E-state index in [-0.39, 0.29) is 0 Å². The Labute approximate surface area is 104 Å². The molecular formula is C13H24N4. The smallest absolute Gasteiger partial charge is 0.133 e. The van der Waals surface area contributed by atoms with Crippen molar-refractivity contribution in [1.29, 1.82) is 0 Å². The van der Waals surface area contributed by atoms with Gasteiger partial charge in [0.25, 0.3) is 0 Å². The van der Waals surface area contributed by atoms with Gasteiger partial charge in [-0.3, -0.25) is 0 Å². The Morgan fingerprint density at radius 3 is 2.76 bits per heavy atom. The normalized spacial score (nSPS) is 17.5. The van der Waals surface area contributed by atoms with E-state index in [4.69, 9.17) is 5.73 Å². The van der Waals surface area contributed by atoms with Gasteiger partial charge in [-0.2, -0.15) is 0 Å². The molecule has 0 aliphatic heterocycles. The molecule has 4 heteroatoms. The highest BCUT2D eigenvalue weighted by atomic mass is 15.3. The van der Waals surface area contributed by atoms with Crippen molar-refractivity contribution in [3.63, 3.8) is 0 Å². The summed E-state index contributed by atoms with van der Waals surface area (Å²) in [6.07, 6.45) is 13.2. The standard InChI is InChI=1S/C13H24N4/c14-10-6-2-5-9-13-16-15-11-17(13)12-7-3-1-4-8-12/h11-12H,1-10,14H2. The van der Waals surface area contributed by atoms with Gasteiger partial charge in [0.1, 0.15) is 12.2 Å². The van der Waals surface area contributed by atoms with Crippen LogP contribution in [0.25, 0.3) is 0 Å². The zero-order valence-electron chi connectivity index (χ0n) is 10.6. The van der Waals surface area contributed by atoms with Crippen LogP contribution in [0.3, 0.4) is 0 Å². The van der Waals surface area contributed by atoms with E-state index in [1.54, 1.807) is 0 Å². The summed E-state index contributed by atoms with van der Waals surface area (Å²) in [7, 11) is 0. The highest BCUT2D eigenvalue weighted by molar-refractivity contribution is 4.90. The first-order valence-corrected chi connectivity index (χ1v) is 7.00. The molecule has 0 spiro atoms. The number of rotatable bonds is 6. The van der Waals surface area contributed by atoms with Crippen LogP contribution in [0.1, 0.15) is 63.2 Å². The molecule has 96 valence electrons. The Kier molecular flexibility index (Phi) is 4.98. The van der Waals surface area contributed by atoms with Gasteiger partial charge in [-0.05, 0) is 32.2 Å². The van der Waals surface area contributed by atoms with Crippen molar-refractivity contribution < 1.29 is 0 Å². The summed E-state index contributed by atoms with van der Waals surface area (Å²) in [5.74, 6) is 1.17. The van der Waals surface area contributed by atoms with Crippen LogP contribution < -0.4 is 5.73 Å². The Balaban J connectivity index is 1.87. The molecule has 0 atom stereocenters. The highest BCUT2D eigenvalue weighted by Crippen LogP contribution is 2.28. The molecule has 2 rings (SSSR count). The fourth-order valence-electron chi connectivity index (χ4n) is 2.71. The summed E-state index contributed by atoms with van der Waals surface area (Å²) in [4.78, 5) is 0. The van der Waals surface area contributed by atoms with Crippen LogP contribution >= 0.6 is 0 Å². The fourth-order valence-corrected chi connectivity index (χ4v) is 2.71. The second kappa shape index (κ2) is 6.74. The average molecular weight is 236 g/mol. The Bertz CT molecular complexity index is 315. The minimum atomic E-state index is 0.656. The van der Waals surface area contributed by atoms with Crippen LogP contribution in [0, 0.1) is 0 Å². The lowest BCUT2D eigenvalue weighted by Gasteiger charge is -2.23.